The Balaban J connectivity index is 1.32. The van der Waals surface area contributed by atoms with E-state index in [4.69, 9.17) is 21.4 Å². The van der Waals surface area contributed by atoms with E-state index >= 15 is 0 Å². The van der Waals surface area contributed by atoms with Gasteiger partial charge in [-0.25, -0.2) is 19.3 Å². The number of benzene rings is 2. The molecule has 0 aliphatic carbocycles. The molecule has 6 aromatic rings. The number of hydrogen-bond acceptors (Lipinski definition) is 9. The van der Waals surface area contributed by atoms with Crippen molar-refractivity contribution < 1.29 is 9.59 Å². The number of imidazole rings is 2. The summed E-state index contributed by atoms with van der Waals surface area (Å²) in [7, 11) is 0. The first kappa shape index (κ1) is 33.9. The molecule has 0 saturated carbocycles. The Morgan fingerprint density at radius 2 is 1.26 bits per heavy atom. The van der Waals surface area contributed by atoms with Gasteiger partial charge >= 0.3 is 0 Å². The predicted octanol–water partition coefficient (Wildman–Crippen LogP) is 4.36. The first-order chi connectivity index (χ1) is 24.2. The molecule has 7 N–H and O–H groups in total. The summed E-state index contributed by atoms with van der Waals surface area (Å²) in [6.45, 7) is 11.3. The zero-order chi connectivity index (χ0) is 35.4. The summed E-state index contributed by atoms with van der Waals surface area (Å²) >= 11 is 0. The van der Waals surface area contributed by atoms with Gasteiger partial charge in [0.15, 0.2) is 0 Å². The molecule has 2 amide bonds. The lowest BCUT2D eigenvalue weighted by atomic mass is 10.2. The van der Waals surface area contributed by atoms with Gasteiger partial charge in [0.1, 0.15) is 11.6 Å². The smallest absolute Gasteiger partial charge is 0.251 e. The zero-order valence-corrected chi connectivity index (χ0v) is 28.8. The maximum atomic E-state index is 12.8. The van der Waals surface area contributed by atoms with Gasteiger partial charge in [0.05, 0.1) is 33.5 Å². The van der Waals surface area contributed by atoms with Crippen molar-refractivity contribution in [3.05, 3.63) is 83.2 Å². The number of rotatable bonds is 15. The van der Waals surface area contributed by atoms with Gasteiger partial charge in [-0.3, -0.25) is 9.59 Å². The van der Waals surface area contributed by atoms with Gasteiger partial charge in [0.25, 0.3) is 5.91 Å². The third kappa shape index (κ3) is 7.08. The van der Waals surface area contributed by atoms with Crippen LogP contribution >= 0.6 is 0 Å². The fourth-order valence-corrected chi connectivity index (χ4v) is 5.88. The Kier molecular flexibility index (Phi) is 9.94. The summed E-state index contributed by atoms with van der Waals surface area (Å²) in [5.74, 6) is 2.19. The molecule has 15 nitrogen and oxygen atoms in total. The van der Waals surface area contributed by atoms with Crippen molar-refractivity contribution in [1.82, 2.24) is 44.0 Å². The number of amides is 2. The van der Waals surface area contributed by atoms with Crippen molar-refractivity contribution >= 4 is 57.4 Å². The number of aromatic nitrogens is 8. The molecule has 0 saturated heterocycles. The van der Waals surface area contributed by atoms with Crippen LogP contribution in [0.15, 0.2) is 60.7 Å². The van der Waals surface area contributed by atoms with Crippen molar-refractivity contribution in [1.29, 1.82) is 0 Å². The van der Waals surface area contributed by atoms with Crippen molar-refractivity contribution in [3.8, 4) is 0 Å². The van der Waals surface area contributed by atoms with Crippen LogP contribution in [0, 0.1) is 13.8 Å². The predicted molar refractivity (Wildman–Crippen MR) is 195 cm³/mol. The maximum Gasteiger partial charge on any atom is 0.251 e. The molecule has 50 heavy (non-hydrogen) atoms. The second-order valence-corrected chi connectivity index (χ2v) is 12.0. The van der Waals surface area contributed by atoms with Crippen LogP contribution in [-0.4, -0.2) is 63.6 Å². The molecule has 0 aliphatic heterocycles. The molecule has 0 aliphatic rings. The standard InChI is InChI=1S/C35H43N13O2/c1-5-47-30(18-22(3)43-47)41-34-39-26-20-24(32(37)49)10-12-28(26)45(34)16-7-8-17-46-29-13-11-25(33(50)38-15-9-14-36)21-27(29)40-35(46)42-31-19-23(4)44-48(31)6-2/h7-8,10-13,18-21H,5-6,9,14-17,36H2,1-4H3,(H2,37,49)(H,38,50)(H,39,41)(H,40,42)/b8-7+. The average Bonchev–Trinajstić information content (AvgIpc) is 3.84. The minimum absolute atomic E-state index is 0.166. The monoisotopic (exact) mass is 677 g/mol. The van der Waals surface area contributed by atoms with Gasteiger partial charge < -0.3 is 36.6 Å². The second-order valence-electron chi connectivity index (χ2n) is 12.0. The topological polar surface area (TPSA) is 194 Å². The third-order valence-corrected chi connectivity index (χ3v) is 8.34. The van der Waals surface area contributed by atoms with Crippen molar-refractivity contribution in [3.63, 3.8) is 0 Å². The highest BCUT2D eigenvalue weighted by molar-refractivity contribution is 5.98. The number of carbonyl (C=O) groups excluding carboxylic acids is 2. The van der Waals surface area contributed by atoms with E-state index in [1.165, 1.54) is 0 Å². The SMILES string of the molecule is CCn1nc(C)cc1Nc1nc2cc(C(N)=O)ccc2n1C/C=C/Cn1c(Nc2cc(C)nn2CC)nc2cc(C(=O)NCCCN)ccc21. The van der Waals surface area contributed by atoms with E-state index in [1.54, 1.807) is 18.2 Å². The van der Waals surface area contributed by atoms with Crippen LogP contribution in [0.3, 0.4) is 0 Å². The summed E-state index contributed by atoms with van der Waals surface area (Å²) < 4.78 is 7.88. The van der Waals surface area contributed by atoms with Gasteiger partial charge in [-0.05, 0) is 77.1 Å². The first-order valence-electron chi connectivity index (χ1n) is 16.8. The van der Waals surface area contributed by atoms with Gasteiger partial charge in [0, 0.05) is 56.0 Å². The van der Waals surface area contributed by atoms with Gasteiger partial charge in [-0.2, -0.15) is 10.2 Å². The summed E-state index contributed by atoms with van der Waals surface area (Å²) in [6, 6.07) is 14.8. The quantitative estimate of drug-likeness (QED) is 0.0776. The summed E-state index contributed by atoms with van der Waals surface area (Å²) in [5.41, 5.74) is 16.9. The molecule has 260 valence electrons. The van der Waals surface area contributed by atoms with Crippen LogP contribution in [0.2, 0.25) is 0 Å². The third-order valence-electron chi connectivity index (χ3n) is 8.34. The molecule has 0 radical (unpaired) electrons. The summed E-state index contributed by atoms with van der Waals surface area (Å²) in [4.78, 5) is 34.5. The van der Waals surface area contributed by atoms with E-state index in [1.807, 2.05) is 72.0 Å². The molecule has 0 bridgehead atoms. The number of nitrogens with one attached hydrogen (secondary N) is 3. The Bertz CT molecular complexity index is 2200. The van der Waals surface area contributed by atoms with Crippen LogP contribution in [0.5, 0.6) is 0 Å². The Labute approximate surface area is 289 Å². The number of carbonyl (C=O) groups is 2. The second kappa shape index (κ2) is 14.7. The summed E-state index contributed by atoms with van der Waals surface area (Å²) in [6.07, 6.45) is 4.83. The minimum Gasteiger partial charge on any atom is -0.366 e. The lowest BCUT2D eigenvalue weighted by Gasteiger charge is -2.11. The van der Waals surface area contributed by atoms with Crippen molar-refractivity contribution in [2.24, 2.45) is 11.5 Å². The van der Waals surface area contributed by atoms with Crippen LogP contribution in [0.4, 0.5) is 23.5 Å². The van der Waals surface area contributed by atoms with E-state index in [-0.39, 0.29) is 5.91 Å². The number of anilines is 4. The number of hydrogen-bond donors (Lipinski definition) is 5. The molecule has 0 spiro atoms. The zero-order valence-electron chi connectivity index (χ0n) is 28.8. The fourth-order valence-electron chi connectivity index (χ4n) is 5.88. The highest BCUT2D eigenvalue weighted by Crippen LogP contribution is 2.27. The molecule has 0 atom stereocenters. The normalized spacial score (nSPS) is 11.6. The van der Waals surface area contributed by atoms with Gasteiger partial charge in [0.2, 0.25) is 17.8 Å². The largest absolute Gasteiger partial charge is 0.366 e. The lowest BCUT2D eigenvalue weighted by Crippen LogP contribution is -2.25. The number of primary amides is 1. The first-order valence-corrected chi connectivity index (χ1v) is 16.8. The van der Waals surface area contributed by atoms with Crippen LogP contribution in [0.1, 0.15) is 52.4 Å². The molecule has 15 heteroatoms. The highest BCUT2D eigenvalue weighted by Gasteiger charge is 2.17. The molecule has 0 unspecified atom stereocenters. The molecule has 6 rings (SSSR count). The van der Waals surface area contributed by atoms with Crippen molar-refractivity contribution in [2.45, 2.75) is 60.3 Å². The van der Waals surface area contributed by atoms with Crippen LogP contribution in [-0.2, 0) is 26.2 Å². The van der Waals surface area contributed by atoms with E-state index in [9.17, 15) is 9.59 Å². The molecule has 4 aromatic heterocycles. The minimum atomic E-state index is -0.510. The van der Waals surface area contributed by atoms with Gasteiger partial charge in [-0.15, -0.1) is 0 Å². The van der Waals surface area contributed by atoms with Crippen LogP contribution in [0.25, 0.3) is 22.1 Å². The average molecular weight is 678 g/mol. The maximum absolute atomic E-state index is 12.8. The van der Waals surface area contributed by atoms with Crippen LogP contribution < -0.4 is 27.4 Å². The molecule has 2 aromatic carbocycles. The number of allylic oxidation sites excluding steroid dienone is 2. The Hall–Kier alpha value is -5.96. The number of fused-ring (bicyclic) bond motifs is 2. The van der Waals surface area contributed by atoms with E-state index in [0.29, 0.717) is 79.7 Å². The molecular weight excluding hydrogens is 634 g/mol. The van der Waals surface area contributed by atoms with E-state index < -0.39 is 5.91 Å². The van der Waals surface area contributed by atoms with Gasteiger partial charge in [-0.1, -0.05) is 12.2 Å². The highest BCUT2D eigenvalue weighted by atomic mass is 16.2. The summed E-state index contributed by atoms with van der Waals surface area (Å²) in [5, 5.41) is 18.9. The number of nitrogens with two attached hydrogens (primary N) is 2. The fraction of sp³-hybridized carbons (Fsp3) is 0.314. The Morgan fingerprint density at radius 1 is 0.760 bits per heavy atom. The molecular formula is C35H43N13O2. The van der Waals surface area contributed by atoms with E-state index in [2.05, 4.69) is 42.9 Å². The number of aryl methyl sites for hydroxylation is 4. The molecule has 4 heterocycles. The Morgan fingerprint density at radius 3 is 1.74 bits per heavy atom. The van der Waals surface area contributed by atoms with E-state index in [0.717, 1.165) is 34.1 Å². The molecule has 0 fully saturated rings. The van der Waals surface area contributed by atoms with Crippen molar-refractivity contribution in [2.75, 3.05) is 23.7 Å². The lowest BCUT2D eigenvalue weighted by molar-refractivity contribution is 0.0952. The number of nitrogens with zero attached hydrogens (tertiary/aromatic N) is 8.